The van der Waals surface area contributed by atoms with Gasteiger partial charge in [0.15, 0.2) is 0 Å². The Morgan fingerprint density at radius 1 is 1.48 bits per heavy atom. The van der Waals surface area contributed by atoms with Gasteiger partial charge in [-0.25, -0.2) is 9.78 Å². The highest BCUT2D eigenvalue weighted by atomic mass is 16.2. The number of aromatic amines is 1. The molecule has 1 N–H and O–H groups in total. The molecule has 1 aliphatic heterocycles. The normalized spacial score (nSPS) is 18.2. The first kappa shape index (κ1) is 15.5. The molecule has 0 spiro atoms. The van der Waals surface area contributed by atoms with Gasteiger partial charge in [-0.2, -0.15) is 5.10 Å². The molecule has 0 aromatic carbocycles. The molecule has 0 radical (unpaired) electrons. The molecule has 2 aromatic heterocycles. The third-order valence-corrected chi connectivity index (χ3v) is 4.35. The zero-order valence-corrected chi connectivity index (χ0v) is 13.5. The number of nitrogens with one attached hydrogen (secondary N) is 1. The summed E-state index contributed by atoms with van der Waals surface area (Å²) in [6.45, 7) is 5.95. The number of aromatic nitrogens is 4. The van der Waals surface area contributed by atoms with Crippen LogP contribution >= 0.6 is 0 Å². The van der Waals surface area contributed by atoms with Crippen molar-refractivity contribution in [2.24, 2.45) is 0 Å². The smallest absolute Gasteiger partial charge is 0.338 e. The van der Waals surface area contributed by atoms with Crippen molar-refractivity contribution in [2.75, 3.05) is 13.1 Å². The number of aryl methyl sites for hydroxylation is 2. The number of piperidine rings is 1. The van der Waals surface area contributed by atoms with E-state index in [4.69, 9.17) is 0 Å². The predicted molar refractivity (Wildman–Crippen MR) is 85.4 cm³/mol. The minimum absolute atomic E-state index is 0.0169. The molecule has 1 amide bonds. The first-order valence-electron chi connectivity index (χ1n) is 7.97. The zero-order chi connectivity index (χ0) is 16.4. The highest BCUT2D eigenvalue weighted by Gasteiger charge is 2.27. The van der Waals surface area contributed by atoms with E-state index in [9.17, 15) is 9.59 Å². The molecule has 0 saturated carbocycles. The molecule has 23 heavy (non-hydrogen) atoms. The maximum atomic E-state index is 12.8. The van der Waals surface area contributed by atoms with E-state index in [-0.39, 0.29) is 17.5 Å². The van der Waals surface area contributed by atoms with Gasteiger partial charge in [0.1, 0.15) is 0 Å². The summed E-state index contributed by atoms with van der Waals surface area (Å²) in [6.07, 6.45) is 5.21. The molecule has 1 saturated heterocycles. The Kier molecular flexibility index (Phi) is 4.27. The van der Waals surface area contributed by atoms with Gasteiger partial charge in [-0.15, -0.1) is 0 Å². The summed E-state index contributed by atoms with van der Waals surface area (Å²) in [7, 11) is 0. The van der Waals surface area contributed by atoms with E-state index < -0.39 is 0 Å². The van der Waals surface area contributed by atoms with Gasteiger partial charge >= 0.3 is 5.69 Å². The molecular formula is C16H21N5O2. The summed E-state index contributed by atoms with van der Waals surface area (Å²) in [5, 5.41) is 4.35. The summed E-state index contributed by atoms with van der Waals surface area (Å²) < 4.78 is 1.78. The second-order valence-corrected chi connectivity index (χ2v) is 5.90. The fourth-order valence-corrected chi connectivity index (χ4v) is 3.10. The number of hydrogen-bond donors (Lipinski definition) is 1. The number of nitrogens with zero attached hydrogens (tertiary/aromatic N) is 4. The summed E-state index contributed by atoms with van der Waals surface area (Å²) >= 11 is 0. The molecular weight excluding hydrogens is 294 g/mol. The van der Waals surface area contributed by atoms with Gasteiger partial charge < -0.3 is 9.88 Å². The lowest BCUT2D eigenvalue weighted by Crippen LogP contribution is -2.39. The van der Waals surface area contributed by atoms with Crippen LogP contribution < -0.4 is 5.69 Å². The number of H-pyrrole nitrogens is 1. The highest BCUT2D eigenvalue weighted by Crippen LogP contribution is 2.26. The Morgan fingerprint density at radius 2 is 2.30 bits per heavy atom. The monoisotopic (exact) mass is 315 g/mol. The number of rotatable bonds is 3. The van der Waals surface area contributed by atoms with E-state index in [2.05, 4.69) is 15.1 Å². The minimum Gasteiger partial charge on any atom is -0.338 e. The standard InChI is InChI=1S/C16H21N5O2/c1-3-21-10-13(11(2)19-21)15(22)20-8-4-5-12(9-20)14-6-7-17-16(23)18-14/h6-7,10,12H,3-5,8-9H2,1-2H3,(H,17,18,23)/t12-/m0/s1. The minimum atomic E-state index is -0.342. The van der Waals surface area contributed by atoms with Crippen LogP contribution in [0.4, 0.5) is 0 Å². The second-order valence-electron chi connectivity index (χ2n) is 5.90. The van der Waals surface area contributed by atoms with Crippen LogP contribution in [-0.4, -0.2) is 43.6 Å². The number of carbonyl (C=O) groups is 1. The van der Waals surface area contributed by atoms with Crippen LogP contribution in [-0.2, 0) is 6.54 Å². The Morgan fingerprint density at radius 3 is 3.00 bits per heavy atom. The van der Waals surface area contributed by atoms with Crippen molar-refractivity contribution in [3.63, 3.8) is 0 Å². The van der Waals surface area contributed by atoms with Crippen LogP contribution in [0.25, 0.3) is 0 Å². The topological polar surface area (TPSA) is 83.9 Å². The van der Waals surface area contributed by atoms with E-state index >= 15 is 0 Å². The number of amides is 1. The summed E-state index contributed by atoms with van der Waals surface area (Å²) in [4.78, 5) is 32.5. The van der Waals surface area contributed by atoms with Crippen molar-refractivity contribution < 1.29 is 4.79 Å². The van der Waals surface area contributed by atoms with E-state index in [0.717, 1.165) is 37.3 Å². The molecule has 7 heteroatoms. The number of hydrogen-bond acceptors (Lipinski definition) is 4. The van der Waals surface area contributed by atoms with Crippen molar-refractivity contribution in [1.82, 2.24) is 24.6 Å². The van der Waals surface area contributed by atoms with Crippen LogP contribution in [0.5, 0.6) is 0 Å². The van der Waals surface area contributed by atoms with Gasteiger partial charge in [-0.05, 0) is 32.8 Å². The quantitative estimate of drug-likeness (QED) is 0.925. The zero-order valence-electron chi connectivity index (χ0n) is 13.5. The van der Waals surface area contributed by atoms with Gasteiger partial charge in [0.05, 0.1) is 11.3 Å². The molecule has 1 fully saturated rings. The van der Waals surface area contributed by atoms with Crippen LogP contribution in [0.3, 0.4) is 0 Å². The van der Waals surface area contributed by atoms with E-state index in [1.807, 2.05) is 31.0 Å². The molecule has 2 aromatic rings. The summed E-state index contributed by atoms with van der Waals surface area (Å²) in [5.74, 6) is 0.160. The molecule has 0 aliphatic carbocycles. The molecule has 1 aliphatic rings. The Hall–Kier alpha value is -2.44. The van der Waals surface area contributed by atoms with Gasteiger partial charge in [0.2, 0.25) is 0 Å². The first-order chi connectivity index (χ1) is 11.1. The lowest BCUT2D eigenvalue weighted by molar-refractivity contribution is 0.0705. The van der Waals surface area contributed by atoms with Gasteiger partial charge in [-0.1, -0.05) is 0 Å². The summed E-state index contributed by atoms with van der Waals surface area (Å²) in [5.41, 5.74) is 1.93. The third-order valence-electron chi connectivity index (χ3n) is 4.35. The highest BCUT2D eigenvalue weighted by molar-refractivity contribution is 5.95. The van der Waals surface area contributed by atoms with Gasteiger partial charge in [0, 0.05) is 43.6 Å². The first-order valence-corrected chi connectivity index (χ1v) is 7.97. The third kappa shape index (κ3) is 3.18. The van der Waals surface area contributed by atoms with E-state index in [1.54, 1.807) is 4.68 Å². The molecule has 122 valence electrons. The molecule has 7 nitrogen and oxygen atoms in total. The van der Waals surface area contributed by atoms with Crippen molar-refractivity contribution in [3.8, 4) is 0 Å². The maximum absolute atomic E-state index is 12.8. The fraction of sp³-hybridized carbons (Fsp3) is 0.500. The average molecular weight is 315 g/mol. The van der Waals surface area contributed by atoms with Crippen LogP contribution in [0.1, 0.15) is 47.4 Å². The molecule has 0 bridgehead atoms. The lowest BCUT2D eigenvalue weighted by Gasteiger charge is -2.32. The predicted octanol–water partition coefficient (Wildman–Crippen LogP) is 1.31. The lowest BCUT2D eigenvalue weighted by atomic mass is 9.94. The van der Waals surface area contributed by atoms with Crippen molar-refractivity contribution >= 4 is 5.91 Å². The SMILES string of the molecule is CCn1cc(C(=O)N2CCC[C@H](c3ccnc(=O)[nH]3)C2)c(C)n1. The van der Waals surface area contributed by atoms with Gasteiger partial charge in [0.25, 0.3) is 5.91 Å². The number of likely N-dealkylation sites (tertiary alicyclic amines) is 1. The average Bonchev–Trinajstić information content (AvgIpc) is 2.95. The fourth-order valence-electron chi connectivity index (χ4n) is 3.10. The Balaban J connectivity index is 1.79. The number of carbonyl (C=O) groups excluding carboxylic acids is 1. The van der Waals surface area contributed by atoms with E-state index in [0.29, 0.717) is 12.1 Å². The van der Waals surface area contributed by atoms with Crippen LogP contribution in [0, 0.1) is 6.92 Å². The molecule has 3 rings (SSSR count). The Bertz CT molecular complexity index is 764. The second kappa shape index (κ2) is 6.36. The maximum Gasteiger partial charge on any atom is 0.345 e. The Labute approximate surface area is 134 Å². The van der Waals surface area contributed by atoms with Crippen molar-refractivity contribution in [3.05, 3.63) is 45.9 Å². The van der Waals surface area contributed by atoms with Gasteiger partial charge in [-0.3, -0.25) is 9.48 Å². The van der Waals surface area contributed by atoms with Crippen LogP contribution in [0.2, 0.25) is 0 Å². The summed E-state index contributed by atoms with van der Waals surface area (Å²) in [6, 6.07) is 1.82. The molecule has 1 atom stereocenters. The van der Waals surface area contributed by atoms with E-state index in [1.165, 1.54) is 6.20 Å². The largest absolute Gasteiger partial charge is 0.345 e. The molecule has 0 unspecified atom stereocenters. The van der Waals surface area contributed by atoms with Crippen molar-refractivity contribution in [1.29, 1.82) is 0 Å². The van der Waals surface area contributed by atoms with Crippen LogP contribution in [0.15, 0.2) is 23.3 Å². The van der Waals surface area contributed by atoms with Crippen molar-refractivity contribution in [2.45, 2.75) is 39.2 Å². The molecule has 3 heterocycles.